The first-order valence-electron chi connectivity index (χ1n) is 9.30. The predicted octanol–water partition coefficient (Wildman–Crippen LogP) is 4.42. The maximum absolute atomic E-state index is 13.0. The van der Waals surface area contributed by atoms with Crippen molar-refractivity contribution < 1.29 is 9.53 Å². The third-order valence-electron chi connectivity index (χ3n) is 4.64. The molecule has 1 aliphatic rings. The Hall–Kier alpha value is -2.40. The summed E-state index contributed by atoms with van der Waals surface area (Å²) in [5.74, 6) is 0.342. The Morgan fingerprint density at radius 1 is 1.27 bits per heavy atom. The number of aromatic nitrogens is 1. The number of hydrogen-bond acceptors (Lipinski definition) is 3. The molecule has 5 nitrogen and oxygen atoms in total. The zero-order valence-electron chi connectivity index (χ0n) is 15.5. The third-order valence-corrected chi connectivity index (χ3v) is 4.64. The highest BCUT2D eigenvalue weighted by Gasteiger charge is 2.23. The molecule has 0 bridgehead atoms. The van der Waals surface area contributed by atoms with Gasteiger partial charge in [0.1, 0.15) is 0 Å². The molecular formula is C21H27N3O2. The second kappa shape index (κ2) is 8.81. The van der Waals surface area contributed by atoms with Crippen molar-refractivity contribution in [1.82, 2.24) is 9.88 Å². The van der Waals surface area contributed by atoms with Gasteiger partial charge in [0, 0.05) is 25.0 Å². The summed E-state index contributed by atoms with van der Waals surface area (Å²) < 4.78 is 5.74. The summed E-state index contributed by atoms with van der Waals surface area (Å²) in [5, 5.41) is 3.09. The largest absolute Gasteiger partial charge is 0.376 e. The smallest absolute Gasteiger partial charge is 0.322 e. The quantitative estimate of drug-likeness (QED) is 0.836. The van der Waals surface area contributed by atoms with Crippen LogP contribution in [-0.2, 0) is 11.3 Å². The van der Waals surface area contributed by atoms with Gasteiger partial charge in [-0.15, -0.1) is 0 Å². The molecule has 1 aliphatic heterocycles. The standard InChI is InChI=1S/C21H27N3O2/c1-16(2)19-10-3-4-11-20(19)23-21(25)24(15-18-9-7-13-26-18)14-17-8-5-6-12-22-17/h3-6,8,10-12,16,18H,7,9,13-15H2,1-2H3,(H,23,25). The molecule has 0 aliphatic carbocycles. The second-order valence-electron chi connectivity index (χ2n) is 7.01. The lowest BCUT2D eigenvalue weighted by Crippen LogP contribution is -2.40. The number of ether oxygens (including phenoxy) is 1. The van der Waals surface area contributed by atoms with Crippen molar-refractivity contribution in [3.05, 3.63) is 59.9 Å². The molecule has 2 aromatic rings. The highest BCUT2D eigenvalue weighted by Crippen LogP contribution is 2.24. The molecule has 1 saturated heterocycles. The van der Waals surface area contributed by atoms with Gasteiger partial charge in [-0.2, -0.15) is 0 Å². The van der Waals surface area contributed by atoms with Crippen molar-refractivity contribution in [2.45, 2.75) is 45.3 Å². The zero-order chi connectivity index (χ0) is 18.4. The van der Waals surface area contributed by atoms with Crippen LogP contribution in [0, 0.1) is 0 Å². The molecule has 0 spiro atoms. The number of nitrogens with zero attached hydrogens (tertiary/aromatic N) is 2. The molecule has 1 unspecified atom stereocenters. The Labute approximate surface area is 155 Å². The van der Waals surface area contributed by atoms with Crippen LogP contribution in [-0.4, -0.2) is 35.2 Å². The number of para-hydroxylation sites is 1. The average Bonchev–Trinajstić information content (AvgIpc) is 3.15. The molecule has 3 rings (SSSR count). The first-order chi connectivity index (χ1) is 12.6. The van der Waals surface area contributed by atoms with E-state index in [1.807, 2.05) is 36.4 Å². The van der Waals surface area contributed by atoms with Crippen LogP contribution in [0.5, 0.6) is 0 Å². The minimum atomic E-state index is -0.112. The third kappa shape index (κ3) is 4.82. The van der Waals surface area contributed by atoms with Crippen molar-refractivity contribution in [1.29, 1.82) is 0 Å². The lowest BCUT2D eigenvalue weighted by Gasteiger charge is -2.26. The lowest BCUT2D eigenvalue weighted by molar-refractivity contribution is 0.0816. The van der Waals surface area contributed by atoms with E-state index < -0.39 is 0 Å². The molecule has 5 heteroatoms. The molecule has 1 aromatic heterocycles. The number of benzene rings is 1. The Kier molecular flexibility index (Phi) is 6.23. The van der Waals surface area contributed by atoms with Gasteiger partial charge in [0.25, 0.3) is 0 Å². The minimum Gasteiger partial charge on any atom is -0.376 e. The molecule has 138 valence electrons. The van der Waals surface area contributed by atoms with Gasteiger partial charge in [-0.25, -0.2) is 4.79 Å². The molecule has 1 N–H and O–H groups in total. The fraction of sp³-hybridized carbons (Fsp3) is 0.429. The predicted molar refractivity (Wildman–Crippen MR) is 103 cm³/mol. The van der Waals surface area contributed by atoms with Crippen LogP contribution in [0.3, 0.4) is 0 Å². The Balaban J connectivity index is 1.75. The maximum Gasteiger partial charge on any atom is 0.322 e. The number of amides is 2. The molecule has 2 amide bonds. The number of urea groups is 1. The molecule has 2 heterocycles. The van der Waals surface area contributed by atoms with Crippen LogP contribution in [0.2, 0.25) is 0 Å². The summed E-state index contributed by atoms with van der Waals surface area (Å²) in [4.78, 5) is 19.2. The van der Waals surface area contributed by atoms with E-state index in [0.717, 1.165) is 36.4 Å². The summed E-state index contributed by atoms with van der Waals surface area (Å²) in [5.41, 5.74) is 2.87. The van der Waals surface area contributed by atoms with Crippen molar-refractivity contribution in [3.8, 4) is 0 Å². The number of nitrogens with one attached hydrogen (secondary N) is 1. The normalized spacial score (nSPS) is 16.7. The topological polar surface area (TPSA) is 54.5 Å². The average molecular weight is 353 g/mol. The number of rotatable bonds is 6. The van der Waals surface area contributed by atoms with Gasteiger partial charge >= 0.3 is 6.03 Å². The van der Waals surface area contributed by atoms with Gasteiger partial charge in [0.2, 0.25) is 0 Å². The molecular weight excluding hydrogens is 326 g/mol. The molecule has 1 aromatic carbocycles. The number of carbonyl (C=O) groups excluding carboxylic acids is 1. The minimum absolute atomic E-state index is 0.102. The van der Waals surface area contributed by atoms with Crippen molar-refractivity contribution in [2.75, 3.05) is 18.5 Å². The van der Waals surface area contributed by atoms with Crippen LogP contribution in [0.25, 0.3) is 0 Å². The van der Waals surface area contributed by atoms with Gasteiger partial charge in [0.15, 0.2) is 0 Å². The molecule has 1 fully saturated rings. The number of pyridine rings is 1. The maximum atomic E-state index is 13.0. The number of hydrogen-bond donors (Lipinski definition) is 1. The van der Waals surface area contributed by atoms with Gasteiger partial charge in [-0.1, -0.05) is 38.1 Å². The van der Waals surface area contributed by atoms with E-state index in [1.54, 1.807) is 11.1 Å². The number of anilines is 1. The zero-order valence-corrected chi connectivity index (χ0v) is 15.5. The Morgan fingerprint density at radius 3 is 2.77 bits per heavy atom. The molecule has 0 radical (unpaired) electrons. The first-order valence-corrected chi connectivity index (χ1v) is 9.30. The molecule has 0 saturated carbocycles. The highest BCUT2D eigenvalue weighted by molar-refractivity contribution is 5.90. The van der Waals surface area contributed by atoms with E-state index in [4.69, 9.17) is 4.74 Å². The number of carbonyl (C=O) groups is 1. The Morgan fingerprint density at radius 2 is 2.08 bits per heavy atom. The fourth-order valence-corrected chi connectivity index (χ4v) is 3.25. The van der Waals surface area contributed by atoms with Crippen LogP contribution in [0.4, 0.5) is 10.5 Å². The van der Waals surface area contributed by atoms with E-state index in [2.05, 4.69) is 30.2 Å². The molecule has 1 atom stereocenters. The summed E-state index contributed by atoms with van der Waals surface area (Å²) in [6, 6.07) is 13.6. The van der Waals surface area contributed by atoms with Gasteiger partial charge in [0.05, 0.1) is 18.3 Å². The van der Waals surface area contributed by atoms with Crippen molar-refractivity contribution >= 4 is 11.7 Å². The summed E-state index contributed by atoms with van der Waals surface area (Å²) in [7, 11) is 0. The van der Waals surface area contributed by atoms with Crippen LogP contribution in [0.15, 0.2) is 48.7 Å². The van der Waals surface area contributed by atoms with Crippen molar-refractivity contribution in [3.63, 3.8) is 0 Å². The summed E-state index contributed by atoms with van der Waals surface area (Å²) in [6.45, 7) is 6.08. The van der Waals surface area contributed by atoms with Crippen molar-refractivity contribution in [2.24, 2.45) is 0 Å². The van der Waals surface area contributed by atoms with E-state index in [9.17, 15) is 4.79 Å². The first kappa shape index (κ1) is 18.4. The van der Waals surface area contributed by atoms with E-state index in [-0.39, 0.29) is 12.1 Å². The Bertz CT molecular complexity index is 712. The summed E-state index contributed by atoms with van der Waals surface area (Å²) in [6.07, 6.45) is 3.91. The SMILES string of the molecule is CC(C)c1ccccc1NC(=O)N(Cc1ccccn1)CC1CCCO1. The van der Waals surface area contributed by atoms with E-state index >= 15 is 0 Å². The van der Waals surface area contributed by atoms with E-state index in [0.29, 0.717) is 19.0 Å². The van der Waals surface area contributed by atoms with E-state index in [1.165, 1.54) is 0 Å². The highest BCUT2D eigenvalue weighted by atomic mass is 16.5. The lowest BCUT2D eigenvalue weighted by atomic mass is 10.0. The van der Waals surface area contributed by atoms with Gasteiger partial charge < -0.3 is 15.0 Å². The molecule has 26 heavy (non-hydrogen) atoms. The summed E-state index contributed by atoms with van der Waals surface area (Å²) >= 11 is 0. The monoisotopic (exact) mass is 353 g/mol. The van der Waals surface area contributed by atoms with Crippen LogP contribution in [0.1, 0.15) is 43.9 Å². The van der Waals surface area contributed by atoms with Gasteiger partial charge in [-0.3, -0.25) is 4.98 Å². The second-order valence-corrected chi connectivity index (χ2v) is 7.01. The van der Waals surface area contributed by atoms with Gasteiger partial charge in [-0.05, 0) is 42.5 Å². The fourth-order valence-electron chi connectivity index (χ4n) is 3.25. The van der Waals surface area contributed by atoms with Crippen LogP contribution < -0.4 is 5.32 Å². The van der Waals surface area contributed by atoms with Crippen LogP contribution >= 0.6 is 0 Å².